The zero-order chi connectivity index (χ0) is 20.4. The van der Waals surface area contributed by atoms with Gasteiger partial charge in [-0.2, -0.15) is 0 Å². The second-order valence-corrected chi connectivity index (χ2v) is 8.35. The van der Waals surface area contributed by atoms with Crippen LogP contribution in [0.2, 0.25) is 0 Å². The fourth-order valence-corrected chi connectivity index (χ4v) is 4.80. The zero-order valence-corrected chi connectivity index (χ0v) is 16.9. The van der Waals surface area contributed by atoms with E-state index in [0.29, 0.717) is 64.4 Å². The molecule has 1 N–H and O–H groups in total. The van der Waals surface area contributed by atoms with Gasteiger partial charge in [0.25, 0.3) is 0 Å². The molecule has 3 saturated heterocycles. The fourth-order valence-electron chi connectivity index (χ4n) is 4.80. The van der Waals surface area contributed by atoms with E-state index in [0.717, 1.165) is 0 Å². The van der Waals surface area contributed by atoms with Gasteiger partial charge in [0.15, 0.2) is 0 Å². The highest BCUT2D eigenvalue weighted by Gasteiger charge is 2.45. The molecule has 0 aliphatic carbocycles. The molecular weight excluding hydrogens is 377 g/mol. The van der Waals surface area contributed by atoms with E-state index in [9.17, 15) is 14.3 Å². The number of hydrogen-bond acceptors (Lipinski definition) is 6. The minimum absolute atomic E-state index is 0.00191. The van der Waals surface area contributed by atoms with Gasteiger partial charge in [-0.05, 0) is 25.0 Å². The minimum atomic E-state index is -0.809. The van der Waals surface area contributed by atoms with Crippen LogP contribution in [0.3, 0.4) is 0 Å². The first kappa shape index (κ1) is 20.5. The Morgan fingerprint density at radius 3 is 2.76 bits per heavy atom. The first-order valence-corrected chi connectivity index (χ1v) is 10.3. The average Bonchev–Trinajstić information content (AvgIpc) is 3.10. The lowest BCUT2D eigenvalue weighted by molar-refractivity contribution is -0.153. The lowest BCUT2D eigenvalue weighted by Crippen LogP contribution is -2.55. The molecule has 0 radical (unpaired) electrons. The molecule has 7 nitrogen and oxygen atoms in total. The molecule has 0 unspecified atom stereocenters. The van der Waals surface area contributed by atoms with Crippen LogP contribution in [0.25, 0.3) is 0 Å². The lowest BCUT2D eigenvalue weighted by atomic mass is 9.90. The number of rotatable bonds is 6. The summed E-state index contributed by atoms with van der Waals surface area (Å²) in [5.74, 6) is -0.221. The smallest absolute Gasteiger partial charge is 0.249 e. The molecule has 1 aromatic carbocycles. The third-order valence-electron chi connectivity index (χ3n) is 6.40. The molecule has 1 aromatic rings. The van der Waals surface area contributed by atoms with Gasteiger partial charge in [0.05, 0.1) is 30.0 Å². The first-order valence-electron chi connectivity index (χ1n) is 10.3. The number of anilines is 1. The third kappa shape index (κ3) is 4.40. The highest BCUT2D eigenvalue weighted by molar-refractivity contribution is 5.78. The summed E-state index contributed by atoms with van der Waals surface area (Å²) in [6.45, 7) is 4.36. The maximum absolute atomic E-state index is 14.1. The minimum Gasteiger partial charge on any atom is -0.388 e. The van der Waals surface area contributed by atoms with E-state index in [1.807, 2.05) is 15.9 Å². The van der Waals surface area contributed by atoms with Crippen LogP contribution in [-0.4, -0.2) is 98.2 Å². The number of amides is 1. The number of likely N-dealkylation sites (tertiary alicyclic amines) is 1. The van der Waals surface area contributed by atoms with Gasteiger partial charge in [-0.1, -0.05) is 12.1 Å². The number of piperidine rings is 1. The van der Waals surface area contributed by atoms with Crippen molar-refractivity contribution < 1.29 is 23.8 Å². The number of nitrogens with zero attached hydrogens (tertiary/aromatic N) is 3. The zero-order valence-electron chi connectivity index (χ0n) is 16.9. The topological polar surface area (TPSA) is 65.5 Å². The molecule has 160 valence electrons. The molecule has 3 fully saturated rings. The van der Waals surface area contributed by atoms with E-state index in [1.165, 1.54) is 6.07 Å². The van der Waals surface area contributed by atoms with Crippen molar-refractivity contribution in [2.24, 2.45) is 0 Å². The average molecular weight is 407 g/mol. The van der Waals surface area contributed by atoms with Crippen LogP contribution in [0.5, 0.6) is 0 Å². The number of carbonyl (C=O) groups is 1. The second kappa shape index (κ2) is 8.55. The molecule has 29 heavy (non-hydrogen) atoms. The van der Waals surface area contributed by atoms with Crippen LogP contribution in [0.15, 0.2) is 24.3 Å². The number of benzene rings is 1. The molecule has 0 saturated carbocycles. The summed E-state index contributed by atoms with van der Waals surface area (Å²) in [5, 5.41) is 11.2. The molecule has 3 heterocycles. The predicted molar refractivity (Wildman–Crippen MR) is 106 cm³/mol. The molecular formula is C21H30FN3O4. The summed E-state index contributed by atoms with van der Waals surface area (Å²) in [5.41, 5.74) is -0.209. The number of aliphatic hydroxyl groups is 1. The van der Waals surface area contributed by atoms with Gasteiger partial charge < -0.3 is 24.4 Å². The molecule has 3 aliphatic rings. The monoisotopic (exact) mass is 407 g/mol. The van der Waals surface area contributed by atoms with Crippen molar-refractivity contribution in [1.82, 2.24) is 9.80 Å². The Morgan fingerprint density at radius 1 is 1.28 bits per heavy atom. The van der Waals surface area contributed by atoms with E-state index < -0.39 is 5.60 Å². The molecule has 0 aromatic heterocycles. The van der Waals surface area contributed by atoms with Crippen LogP contribution in [0.1, 0.15) is 12.8 Å². The van der Waals surface area contributed by atoms with Gasteiger partial charge in [-0.3, -0.25) is 9.69 Å². The number of hydrogen-bond donors (Lipinski definition) is 1. The predicted octanol–water partition coefficient (Wildman–Crippen LogP) is 0.715. The van der Waals surface area contributed by atoms with Crippen molar-refractivity contribution in [3.8, 4) is 0 Å². The number of morpholine rings is 1. The summed E-state index contributed by atoms with van der Waals surface area (Å²) in [7, 11) is 1.63. The number of para-hydroxylation sites is 1. The van der Waals surface area contributed by atoms with Crippen molar-refractivity contribution in [1.29, 1.82) is 0 Å². The van der Waals surface area contributed by atoms with Crippen LogP contribution in [0.4, 0.5) is 10.1 Å². The maximum atomic E-state index is 14.1. The SMILES string of the molecule is COCCN1C(=O)CO[C@H]2CN(CC3(O)CCN(c4ccccc4F)CC3)C[C@@H]21. The second-order valence-electron chi connectivity index (χ2n) is 8.35. The Kier molecular flexibility index (Phi) is 6.06. The molecule has 2 atom stereocenters. The van der Waals surface area contributed by atoms with Crippen molar-refractivity contribution in [3.05, 3.63) is 30.1 Å². The Morgan fingerprint density at radius 2 is 2.03 bits per heavy atom. The Balaban J connectivity index is 1.34. The van der Waals surface area contributed by atoms with Gasteiger partial charge in [0.2, 0.25) is 5.91 Å². The first-order chi connectivity index (χ1) is 14.0. The summed E-state index contributed by atoms with van der Waals surface area (Å²) in [4.78, 5) is 18.3. The summed E-state index contributed by atoms with van der Waals surface area (Å²) in [6.07, 6.45) is 1.15. The number of halogens is 1. The van der Waals surface area contributed by atoms with Crippen molar-refractivity contribution in [2.75, 3.05) is 64.5 Å². The highest BCUT2D eigenvalue weighted by atomic mass is 19.1. The normalized spacial score (nSPS) is 27.3. The van der Waals surface area contributed by atoms with E-state index >= 15 is 0 Å². The number of ether oxygens (including phenoxy) is 2. The van der Waals surface area contributed by atoms with E-state index in [-0.39, 0.29) is 30.5 Å². The molecule has 8 heteroatoms. The van der Waals surface area contributed by atoms with Crippen molar-refractivity contribution in [3.63, 3.8) is 0 Å². The van der Waals surface area contributed by atoms with Gasteiger partial charge in [0.1, 0.15) is 12.4 Å². The maximum Gasteiger partial charge on any atom is 0.249 e. The third-order valence-corrected chi connectivity index (χ3v) is 6.40. The Labute approximate surface area is 171 Å². The lowest BCUT2D eigenvalue weighted by Gasteiger charge is -2.41. The standard InChI is InChI=1S/C21H30FN3O4/c1-28-11-10-25-18-12-23(13-19(18)29-14-20(25)26)15-21(27)6-8-24(9-7-21)17-5-3-2-4-16(17)22/h2-5,18-19,27H,6-15H2,1H3/t18-,19-/m0/s1. The fraction of sp³-hybridized carbons (Fsp3) is 0.667. The van der Waals surface area contributed by atoms with Crippen molar-refractivity contribution >= 4 is 11.6 Å². The molecule has 1 amide bonds. The number of methoxy groups -OCH3 is 1. The molecule has 0 bridgehead atoms. The van der Waals surface area contributed by atoms with E-state index in [2.05, 4.69) is 4.90 Å². The number of carbonyl (C=O) groups excluding carboxylic acids is 1. The summed E-state index contributed by atoms with van der Waals surface area (Å²) >= 11 is 0. The Hall–Kier alpha value is -1.74. The number of β-amino-alcohol motifs (C(OH)–C–C–N with tert-alkyl or cyclic N) is 1. The molecule has 3 aliphatic heterocycles. The van der Waals surface area contributed by atoms with Gasteiger partial charge in [0, 0.05) is 46.4 Å². The van der Waals surface area contributed by atoms with Gasteiger partial charge >= 0.3 is 0 Å². The van der Waals surface area contributed by atoms with E-state index in [1.54, 1.807) is 19.2 Å². The largest absolute Gasteiger partial charge is 0.388 e. The van der Waals surface area contributed by atoms with E-state index in [4.69, 9.17) is 9.47 Å². The molecule has 4 rings (SSSR count). The van der Waals surface area contributed by atoms with Crippen molar-refractivity contribution in [2.45, 2.75) is 30.6 Å². The van der Waals surface area contributed by atoms with Crippen LogP contribution < -0.4 is 4.90 Å². The van der Waals surface area contributed by atoms with Crippen LogP contribution >= 0.6 is 0 Å². The van der Waals surface area contributed by atoms with Gasteiger partial charge in [-0.15, -0.1) is 0 Å². The molecule has 0 spiro atoms. The van der Waals surface area contributed by atoms with Crippen LogP contribution in [-0.2, 0) is 14.3 Å². The quantitative estimate of drug-likeness (QED) is 0.750. The summed E-state index contributed by atoms with van der Waals surface area (Å²) < 4.78 is 25.0. The number of fused-ring (bicyclic) bond motifs is 1. The van der Waals surface area contributed by atoms with Crippen LogP contribution in [0, 0.1) is 5.82 Å². The summed E-state index contributed by atoms with van der Waals surface area (Å²) in [6, 6.07) is 6.79. The van der Waals surface area contributed by atoms with Gasteiger partial charge in [-0.25, -0.2) is 4.39 Å². The Bertz CT molecular complexity index is 726. The highest BCUT2D eigenvalue weighted by Crippen LogP contribution is 2.31.